The van der Waals surface area contributed by atoms with Crippen molar-refractivity contribution in [3.05, 3.63) is 76.9 Å². The molecule has 0 saturated carbocycles. The highest BCUT2D eigenvalue weighted by atomic mass is 35.5. The molecule has 3 rings (SSSR count). The average Bonchev–Trinajstić information content (AvgIpc) is 2.60. The van der Waals surface area contributed by atoms with Crippen LogP contribution in [0.1, 0.15) is 11.1 Å². The number of aromatic nitrogens is 2. The van der Waals surface area contributed by atoms with Crippen LogP contribution in [0.15, 0.2) is 60.7 Å². The maximum Gasteiger partial charge on any atom is 0.416 e. The molecule has 0 aliphatic heterocycles. The van der Waals surface area contributed by atoms with Crippen molar-refractivity contribution in [2.75, 3.05) is 5.32 Å². The number of anilines is 1. The maximum atomic E-state index is 12.9. The second-order valence-electron chi connectivity index (χ2n) is 5.32. The lowest BCUT2D eigenvalue weighted by Crippen LogP contribution is -2.06. The number of nitrogens with zero attached hydrogens (tertiary/aromatic N) is 2. The third-order valence-electron chi connectivity index (χ3n) is 3.46. The largest absolute Gasteiger partial charge is 0.416 e. The summed E-state index contributed by atoms with van der Waals surface area (Å²) in [5.41, 5.74) is 0.533. The highest BCUT2D eigenvalue weighted by Crippen LogP contribution is 2.31. The number of benzene rings is 2. The van der Waals surface area contributed by atoms with Crippen LogP contribution in [-0.4, -0.2) is 9.97 Å². The maximum absolute atomic E-state index is 12.9. The minimum atomic E-state index is -4.43. The van der Waals surface area contributed by atoms with Crippen molar-refractivity contribution in [2.24, 2.45) is 0 Å². The van der Waals surface area contributed by atoms with Crippen LogP contribution in [0, 0.1) is 0 Å². The Morgan fingerprint density at radius 3 is 2.40 bits per heavy atom. The average molecular weight is 364 g/mol. The zero-order valence-electron chi connectivity index (χ0n) is 12.9. The Labute approximate surface area is 147 Å². The van der Waals surface area contributed by atoms with E-state index in [0.29, 0.717) is 12.4 Å². The van der Waals surface area contributed by atoms with E-state index in [1.165, 1.54) is 18.2 Å². The molecule has 128 valence electrons. The van der Waals surface area contributed by atoms with Crippen LogP contribution in [0.25, 0.3) is 11.4 Å². The van der Waals surface area contributed by atoms with Crippen LogP contribution >= 0.6 is 11.6 Å². The van der Waals surface area contributed by atoms with Crippen molar-refractivity contribution in [3.8, 4) is 11.4 Å². The Bertz CT molecular complexity index is 867. The Hall–Kier alpha value is -2.60. The van der Waals surface area contributed by atoms with Crippen molar-refractivity contribution in [3.63, 3.8) is 0 Å². The highest BCUT2D eigenvalue weighted by molar-refractivity contribution is 6.29. The minimum absolute atomic E-state index is 0.133. The Morgan fingerprint density at radius 1 is 0.920 bits per heavy atom. The molecule has 2 aromatic carbocycles. The number of halogens is 4. The molecule has 0 amide bonds. The van der Waals surface area contributed by atoms with Gasteiger partial charge < -0.3 is 5.32 Å². The number of hydrogen-bond acceptors (Lipinski definition) is 3. The van der Waals surface area contributed by atoms with Crippen molar-refractivity contribution in [1.82, 2.24) is 9.97 Å². The van der Waals surface area contributed by atoms with Gasteiger partial charge in [0.1, 0.15) is 11.0 Å². The molecule has 1 N–H and O–H groups in total. The van der Waals surface area contributed by atoms with Crippen molar-refractivity contribution < 1.29 is 13.2 Å². The van der Waals surface area contributed by atoms with Gasteiger partial charge >= 0.3 is 6.18 Å². The van der Waals surface area contributed by atoms with Crippen LogP contribution in [0.3, 0.4) is 0 Å². The van der Waals surface area contributed by atoms with Gasteiger partial charge in [0.2, 0.25) is 0 Å². The second kappa shape index (κ2) is 7.11. The van der Waals surface area contributed by atoms with Crippen LogP contribution in [0.4, 0.5) is 19.0 Å². The summed E-state index contributed by atoms with van der Waals surface area (Å²) in [4.78, 5) is 8.30. The third-order valence-corrected chi connectivity index (χ3v) is 3.65. The molecule has 3 aromatic rings. The molecular formula is C18H13ClF3N3. The summed E-state index contributed by atoms with van der Waals surface area (Å²) in [6.07, 6.45) is -4.43. The quantitative estimate of drug-likeness (QED) is 0.628. The molecule has 1 aromatic heterocycles. The van der Waals surface area contributed by atoms with E-state index in [4.69, 9.17) is 11.6 Å². The Balaban J connectivity index is 1.87. The Kier molecular flexibility index (Phi) is 4.90. The van der Waals surface area contributed by atoms with Crippen LogP contribution in [-0.2, 0) is 12.7 Å². The summed E-state index contributed by atoms with van der Waals surface area (Å²) in [6.45, 7) is 0.510. The molecule has 7 heteroatoms. The molecular weight excluding hydrogens is 351 g/mol. The van der Waals surface area contributed by atoms with E-state index in [9.17, 15) is 13.2 Å². The van der Waals surface area contributed by atoms with E-state index < -0.39 is 11.7 Å². The van der Waals surface area contributed by atoms with Gasteiger partial charge in [-0.3, -0.25) is 0 Å². The first-order valence-electron chi connectivity index (χ1n) is 7.42. The van der Waals surface area contributed by atoms with Gasteiger partial charge in [0.15, 0.2) is 5.82 Å². The van der Waals surface area contributed by atoms with Crippen molar-refractivity contribution in [1.29, 1.82) is 0 Å². The fourth-order valence-electron chi connectivity index (χ4n) is 2.26. The van der Waals surface area contributed by atoms with E-state index in [1.807, 2.05) is 30.3 Å². The molecule has 0 radical (unpaired) electrons. The zero-order valence-corrected chi connectivity index (χ0v) is 13.6. The SMILES string of the molecule is FC(F)(F)c1cccc(-c2nc(Cl)cc(NCc3ccccc3)n2)c1. The molecule has 0 bridgehead atoms. The van der Waals surface area contributed by atoms with Crippen LogP contribution < -0.4 is 5.32 Å². The monoisotopic (exact) mass is 363 g/mol. The molecule has 0 saturated heterocycles. The lowest BCUT2D eigenvalue weighted by atomic mass is 10.1. The standard InChI is InChI=1S/C18H13ClF3N3/c19-15-10-16(23-11-12-5-2-1-3-6-12)25-17(24-15)13-7-4-8-14(9-13)18(20,21)22/h1-10H,11H2,(H,23,24,25). The summed E-state index contributed by atoms with van der Waals surface area (Å²) in [7, 11) is 0. The van der Waals surface area contributed by atoms with Gasteiger partial charge in [0, 0.05) is 18.2 Å². The molecule has 25 heavy (non-hydrogen) atoms. The summed E-state index contributed by atoms with van der Waals surface area (Å²) in [6, 6.07) is 16.0. The first-order chi connectivity index (χ1) is 11.9. The van der Waals surface area contributed by atoms with E-state index in [0.717, 1.165) is 17.7 Å². The predicted molar refractivity (Wildman–Crippen MR) is 91.2 cm³/mol. The van der Waals surface area contributed by atoms with Gasteiger partial charge in [-0.1, -0.05) is 54.1 Å². The van der Waals surface area contributed by atoms with E-state index in [2.05, 4.69) is 15.3 Å². The second-order valence-corrected chi connectivity index (χ2v) is 5.70. The van der Waals surface area contributed by atoms with Gasteiger partial charge in [0.05, 0.1) is 5.56 Å². The van der Waals surface area contributed by atoms with Crippen LogP contribution in [0.5, 0.6) is 0 Å². The molecule has 0 aliphatic rings. The summed E-state index contributed by atoms with van der Waals surface area (Å²) in [5.74, 6) is 0.574. The highest BCUT2D eigenvalue weighted by Gasteiger charge is 2.30. The molecule has 0 fully saturated rings. The summed E-state index contributed by atoms with van der Waals surface area (Å²) >= 11 is 6.00. The predicted octanol–water partition coefficient (Wildman–Crippen LogP) is 5.43. The smallest absolute Gasteiger partial charge is 0.366 e. The summed E-state index contributed by atoms with van der Waals surface area (Å²) < 4.78 is 38.6. The summed E-state index contributed by atoms with van der Waals surface area (Å²) in [5, 5.41) is 3.25. The van der Waals surface area contributed by atoms with Crippen molar-refractivity contribution >= 4 is 17.4 Å². The van der Waals surface area contributed by atoms with E-state index in [1.54, 1.807) is 0 Å². The molecule has 3 nitrogen and oxygen atoms in total. The van der Waals surface area contributed by atoms with Gasteiger partial charge in [-0.2, -0.15) is 13.2 Å². The third kappa shape index (κ3) is 4.48. The first-order valence-corrected chi connectivity index (χ1v) is 7.79. The Morgan fingerprint density at radius 2 is 1.68 bits per heavy atom. The molecule has 0 aliphatic carbocycles. The number of nitrogens with one attached hydrogen (secondary N) is 1. The van der Waals surface area contributed by atoms with Gasteiger partial charge in [-0.25, -0.2) is 9.97 Å². The molecule has 0 unspecified atom stereocenters. The lowest BCUT2D eigenvalue weighted by molar-refractivity contribution is -0.137. The first kappa shape index (κ1) is 17.2. The molecule has 1 heterocycles. The van der Waals surface area contributed by atoms with Crippen LogP contribution in [0.2, 0.25) is 5.15 Å². The van der Waals surface area contributed by atoms with Gasteiger partial charge in [-0.15, -0.1) is 0 Å². The minimum Gasteiger partial charge on any atom is -0.366 e. The number of alkyl halides is 3. The molecule has 0 atom stereocenters. The van der Waals surface area contributed by atoms with Gasteiger partial charge in [0.25, 0.3) is 0 Å². The van der Waals surface area contributed by atoms with E-state index in [-0.39, 0.29) is 16.5 Å². The van der Waals surface area contributed by atoms with Gasteiger partial charge in [-0.05, 0) is 17.7 Å². The fraction of sp³-hybridized carbons (Fsp3) is 0.111. The zero-order chi connectivity index (χ0) is 17.9. The topological polar surface area (TPSA) is 37.8 Å². The van der Waals surface area contributed by atoms with E-state index >= 15 is 0 Å². The van der Waals surface area contributed by atoms with Crippen molar-refractivity contribution in [2.45, 2.75) is 12.7 Å². The normalized spacial score (nSPS) is 11.4. The lowest BCUT2D eigenvalue weighted by Gasteiger charge is -2.10. The number of hydrogen-bond donors (Lipinski definition) is 1. The fourth-order valence-corrected chi connectivity index (χ4v) is 2.44. The molecule has 0 spiro atoms. The number of rotatable bonds is 4.